The summed E-state index contributed by atoms with van der Waals surface area (Å²) in [6.07, 6.45) is -1.84. The lowest BCUT2D eigenvalue weighted by Crippen LogP contribution is -2.44. The Balaban J connectivity index is 1.83. The predicted octanol–water partition coefficient (Wildman–Crippen LogP) is 3.88. The standard InChI is InChI=1S/C20H24F3N5O2S/c1-11-16(12-6-7-25-15(9-12)19(2,3)20(21,22)23)31-17(26-11)27-18(30)28-8-4-5-13(28)14(29)10-24/h6-7,9,13H,4-5,8,10,24H2,1-3H3,(H,26,27,30)/t13-/m0/s1. The summed E-state index contributed by atoms with van der Waals surface area (Å²) < 4.78 is 40.2. The Bertz CT molecular complexity index is 989. The van der Waals surface area contributed by atoms with Crippen LogP contribution >= 0.6 is 11.3 Å². The Morgan fingerprint density at radius 1 is 1.35 bits per heavy atom. The number of amides is 2. The van der Waals surface area contributed by atoms with Gasteiger partial charge in [0.05, 0.1) is 28.9 Å². The van der Waals surface area contributed by atoms with Crippen molar-refractivity contribution in [1.29, 1.82) is 0 Å². The van der Waals surface area contributed by atoms with Crippen LogP contribution in [0.25, 0.3) is 10.4 Å². The van der Waals surface area contributed by atoms with Crippen LogP contribution in [0.2, 0.25) is 0 Å². The van der Waals surface area contributed by atoms with Crippen LogP contribution in [0.3, 0.4) is 0 Å². The first-order valence-electron chi connectivity index (χ1n) is 9.77. The topological polar surface area (TPSA) is 101 Å². The summed E-state index contributed by atoms with van der Waals surface area (Å²) >= 11 is 1.15. The molecular weight excluding hydrogens is 431 g/mol. The fourth-order valence-electron chi connectivity index (χ4n) is 3.42. The number of aryl methyl sites for hydroxylation is 1. The Morgan fingerprint density at radius 3 is 2.71 bits per heavy atom. The minimum absolute atomic E-state index is 0.101. The summed E-state index contributed by atoms with van der Waals surface area (Å²) in [5.41, 5.74) is 4.32. The number of carbonyl (C=O) groups is 2. The number of nitrogens with two attached hydrogens (primary N) is 1. The molecule has 11 heteroatoms. The number of hydrogen-bond acceptors (Lipinski definition) is 6. The molecule has 0 aliphatic carbocycles. The van der Waals surface area contributed by atoms with Gasteiger partial charge in [-0.05, 0) is 51.3 Å². The number of nitrogens with one attached hydrogen (secondary N) is 1. The Labute approximate surface area is 181 Å². The van der Waals surface area contributed by atoms with Crippen molar-refractivity contribution in [2.75, 3.05) is 18.4 Å². The van der Waals surface area contributed by atoms with Crippen LogP contribution in [0.1, 0.15) is 38.1 Å². The van der Waals surface area contributed by atoms with E-state index in [1.807, 2.05) is 0 Å². The van der Waals surface area contributed by atoms with Gasteiger partial charge in [0.25, 0.3) is 0 Å². The zero-order valence-corrected chi connectivity index (χ0v) is 18.2. The molecule has 3 rings (SSSR count). The quantitative estimate of drug-likeness (QED) is 0.713. The van der Waals surface area contributed by atoms with Gasteiger partial charge in [0.15, 0.2) is 10.9 Å². The van der Waals surface area contributed by atoms with Crippen molar-refractivity contribution in [3.63, 3.8) is 0 Å². The van der Waals surface area contributed by atoms with Gasteiger partial charge in [-0.15, -0.1) is 0 Å². The van der Waals surface area contributed by atoms with Gasteiger partial charge in [-0.1, -0.05) is 11.3 Å². The lowest BCUT2D eigenvalue weighted by atomic mass is 9.87. The minimum atomic E-state index is -4.45. The molecule has 0 saturated carbocycles. The van der Waals surface area contributed by atoms with Crippen LogP contribution in [0.15, 0.2) is 18.3 Å². The molecule has 0 spiro atoms. The molecule has 2 amide bonds. The molecule has 1 saturated heterocycles. The number of aromatic nitrogens is 2. The number of thiazole rings is 1. The van der Waals surface area contributed by atoms with Gasteiger partial charge in [0, 0.05) is 12.7 Å². The first kappa shape index (κ1) is 23.1. The molecule has 1 aliphatic rings. The largest absolute Gasteiger partial charge is 0.399 e. The van der Waals surface area contributed by atoms with Crippen molar-refractivity contribution >= 4 is 28.3 Å². The van der Waals surface area contributed by atoms with Crippen molar-refractivity contribution in [1.82, 2.24) is 14.9 Å². The highest BCUT2D eigenvalue weighted by molar-refractivity contribution is 7.19. The maximum Gasteiger partial charge on any atom is 0.399 e. The number of urea groups is 1. The van der Waals surface area contributed by atoms with Crippen LogP contribution in [-0.4, -0.2) is 52.0 Å². The number of pyridine rings is 1. The monoisotopic (exact) mass is 455 g/mol. The summed E-state index contributed by atoms with van der Waals surface area (Å²) in [5, 5.41) is 3.00. The van der Waals surface area contributed by atoms with Gasteiger partial charge < -0.3 is 10.6 Å². The molecule has 0 aromatic carbocycles. The molecule has 1 atom stereocenters. The average Bonchev–Trinajstić information content (AvgIpc) is 3.33. The number of anilines is 1. The van der Waals surface area contributed by atoms with E-state index < -0.39 is 23.7 Å². The van der Waals surface area contributed by atoms with Crippen LogP contribution in [0, 0.1) is 6.92 Å². The molecule has 31 heavy (non-hydrogen) atoms. The van der Waals surface area contributed by atoms with E-state index in [2.05, 4.69) is 15.3 Å². The zero-order chi connectivity index (χ0) is 23.0. The van der Waals surface area contributed by atoms with Crippen molar-refractivity contribution in [3.05, 3.63) is 29.7 Å². The fraction of sp³-hybridized carbons (Fsp3) is 0.500. The van der Waals surface area contributed by atoms with E-state index in [0.717, 1.165) is 25.2 Å². The number of rotatable bonds is 5. The van der Waals surface area contributed by atoms with Crippen molar-refractivity contribution < 1.29 is 22.8 Å². The van der Waals surface area contributed by atoms with Crippen molar-refractivity contribution in [2.45, 2.75) is 51.2 Å². The number of alkyl halides is 3. The van der Waals surface area contributed by atoms with E-state index in [1.165, 1.54) is 17.2 Å². The molecule has 3 heterocycles. The van der Waals surface area contributed by atoms with Gasteiger partial charge in [0.2, 0.25) is 0 Å². The zero-order valence-electron chi connectivity index (χ0n) is 17.4. The van der Waals surface area contributed by atoms with Crippen LogP contribution < -0.4 is 11.1 Å². The second-order valence-corrected chi connectivity index (χ2v) is 8.94. The highest BCUT2D eigenvalue weighted by Gasteiger charge is 2.49. The molecular formula is C20H24F3N5O2S. The molecule has 7 nitrogen and oxygen atoms in total. The number of Topliss-reactive ketones (excluding diaryl/α,β-unsaturated/α-hetero) is 1. The molecule has 0 unspecified atom stereocenters. The van der Waals surface area contributed by atoms with Gasteiger partial charge in [-0.3, -0.25) is 15.1 Å². The highest BCUT2D eigenvalue weighted by atomic mass is 32.1. The van der Waals surface area contributed by atoms with E-state index in [1.54, 1.807) is 13.0 Å². The Morgan fingerprint density at radius 2 is 2.06 bits per heavy atom. The third-order valence-electron chi connectivity index (χ3n) is 5.47. The normalized spacial score (nSPS) is 17.1. The smallest absolute Gasteiger partial charge is 0.324 e. The lowest BCUT2D eigenvalue weighted by molar-refractivity contribution is -0.181. The van der Waals surface area contributed by atoms with E-state index in [4.69, 9.17) is 5.73 Å². The molecule has 3 N–H and O–H groups in total. The molecule has 1 fully saturated rings. The number of carbonyl (C=O) groups excluding carboxylic acids is 2. The number of nitrogens with zero attached hydrogens (tertiary/aromatic N) is 3. The molecule has 2 aromatic heterocycles. The lowest BCUT2D eigenvalue weighted by Gasteiger charge is -2.27. The second-order valence-electron chi connectivity index (χ2n) is 7.94. The van der Waals surface area contributed by atoms with E-state index in [-0.39, 0.29) is 18.0 Å². The summed E-state index contributed by atoms with van der Waals surface area (Å²) in [4.78, 5) is 34.9. The van der Waals surface area contributed by atoms with Crippen molar-refractivity contribution in [3.8, 4) is 10.4 Å². The first-order chi connectivity index (χ1) is 14.5. The maximum atomic E-state index is 13.4. The summed E-state index contributed by atoms with van der Waals surface area (Å²) in [7, 11) is 0. The molecule has 2 aromatic rings. The summed E-state index contributed by atoms with van der Waals surface area (Å²) in [6, 6.07) is 2.02. The summed E-state index contributed by atoms with van der Waals surface area (Å²) in [6.45, 7) is 4.19. The van der Waals surface area contributed by atoms with Crippen LogP contribution in [-0.2, 0) is 10.2 Å². The third kappa shape index (κ3) is 4.57. The number of likely N-dealkylation sites (tertiary alicyclic amines) is 1. The van der Waals surface area contributed by atoms with Crippen molar-refractivity contribution in [2.24, 2.45) is 5.73 Å². The number of halogens is 3. The van der Waals surface area contributed by atoms with Gasteiger partial charge in [-0.2, -0.15) is 13.2 Å². The Kier molecular flexibility index (Phi) is 6.38. The van der Waals surface area contributed by atoms with Crippen LogP contribution in [0.5, 0.6) is 0 Å². The highest BCUT2D eigenvalue weighted by Crippen LogP contribution is 2.41. The van der Waals surface area contributed by atoms with Gasteiger partial charge in [0.1, 0.15) is 5.41 Å². The number of ketones is 1. The maximum absolute atomic E-state index is 13.4. The molecule has 0 radical (unpaired) electrons. The van der Waals surface area contributed by atoms with Gasteiger partial charge in [-0.25, -0.2) is 9.78 Å². The number of hydrogen-bond donors (Lipinski definition) is 2. The third-order valence-corrected chi connectivity index (χ3v) is 6.59. The fourth-order valence-corrected chi connectivity index (χ4v) is 4.37. The molecule has 0 bridgehead atoms. The van der Waals surface area contributed by atoms with E-state index in [0.29, 0.717) is 40.7 Å². The minimum Gasteiger partial charge on any atom is -0.324 e. The van der Waals surface area contributed by atoms with Crippen LogP contribution in [0.4, 0.5) is 23.1 Å². The van der Waals surface area contributed by atoms with E-state index >= 15 is 0 Å². The average molecular weight is 456 g/mol. The molecule has 168 valence electrons. The second kappa shape index (κ2) is 8.54. The Hall–Kier alpha value is -2.53. The van der Waals surface area contributed by atoms with E-state index in [9.17, 15) is 22.8 Å². The SMILES string of the molecule is Cc1nc(NC(=O)N2CCC[C@H]2C(=O)CN)sc1-c1ccnc(C(C)(C)C(F)(F)F)c1. The first-order valence-corrected chi connectivity index (χ1v) is 10.6. The predicted molar refractivity (Wildman–Crippen MR) is 112 cm³/mol. The summed E-state index contributed by atoms with van der Waals surface area (Å²) in [5.74, 6) is -0.194. The molecule has 1 aliphatic heterocycles. The van der Waals surface area contributed by atoms with Gasteiger partial charge >= 0.3 is 12.2 Å².